The lowest BCUT2D eigenvalue weighted by Gasteiger charge is -1.91. The second-order valence-electron chi connectivity index (χ2n) is 2.99. The molecule has 1 aliphatic carbocycles. The van der Waals surface area contributed by atoms with Crippen molar-refractivity contribution in [3.05, 3.63) is 12.3 Å². The average Bonchev–Trinajstić information content (AvgIpc) is 2.71. The monoisotopic (exact) mass is 182 g/mol. The van der Waals surface area contributed by atoms with Gasteiger partial charge >= 0.3 is 0 Å². The SMILES string of the molecule is CC(=O)NC1CC1.Nc1ccn[nH]1. The molecule has 1 aromatic rings. The lowest BCUT2D eigenvalue weighted by atomic mass is 10.6. The van der Waals surface area contributed by atoms with Gasteiger partial charge in [0, 0.05) is 13.0 Å². The van der Waals surface area contributed by atoms with Crippen LogP contribution in [0.5, 0.6) is 0 Å². The number of H-pyrrole nitrogens is 1. The van der Waals surface area contributed by atoms with Gasteiger partial charge in [0.1, 0.15) is 5.82 Å². The summed E-state index contributed by atoms with van der Waals surface area (Å²) in [5.74, 6) is 0.706. The van der Waals surface area contributed by atoms with E-state index in [0.29, 0.717) is 11.9 Å². The van der Waals surface area contributed by atoms with E-state index in [1.807, 2.05) is 0 Å². The number of hydrogen-bond acceptors (Lipinski definition) is 3. The summed E-state index contributed by atoms with van der Waals surface area (Å²) in [5, 5.41) is 8.88. The predicted octanol–water partition coefficient (Wildman–Crippen LogP) is 0.277. The fraction of sp³-hybridized carbons (Fsp3) is 0.500. The molecule has 1 amide bonds. The van der Waals surface area contributed by atoms with Crippen LogP contribution >= 0.6 is 0 Å². The van der Waals surface area contributed by atoms with Gasteiger partial charge in [0.05, 0.1) is 6.20 Å². The highest BCUT2D eigenvalue weighted by atomic mass is 16.1. The molecule has 5 nitrogen and oxygen atoms in total. The van der Waals surface area contributed by atoms with Gasteiger partial charge in [0.2, 0.25) is 5.91 Å². The molecule has 72 valence electrons. The summed E-state index contributed by atoms with van der Waals surface area (Å²) < 4.78 is 0. The van der Waals surface area contributed by atoms with E-state index in [0.717, 1.165) is 0 Å². The Hall–Kier alpha value is -1.52. The van der Waals surface area contributed by atoms with Crippen molar-refractivity contribution in [1.29, 1.82) is 0 Å². The van der Waals surface area contributed by atoms with Gasteiger partial charge in [-0.2, -0.15) is 5.10 Å². The number of nitrogens with one attached hydrogen (secondary N) is 2. The molecule has 0 atom stereocenters. The van der Waals surface area contributed by atoms with Gasteiger partial charge in [0.25, 0.3) is 0 Å². The summed E-state index contributed by atoms with van der Waals surface area (Å²) in [6.07, 6.45) is 3.97. The summed E-state index contributed by atoms with van der Waals surface area (Å²) >= 11 is 0. The van der Waals surface area contributed by atoms with Crippen molar-refractivity contribution in [2.75, 3.05) is 5.73 Å². The van der Waals surface area contributed by atoms with E-state index >= 15 is 0 Å². The van der Waals surface area contributed by atoms with Gasteiger partial charge in [-0.05, 0) is 18.9 Å². The lowest BCUT2D eigenvalue weighted by Crippen LogP contribution is -2.21. The number of aromatic amines is 1. The molecule has 1 saturated carbocycles. The molecule has 5 heteroatoms. The Balaban J connectivity index is 0.000000132. The number of amides is 1. The van der Waals surface area contributed by atoms with Gasteiger partial charge in [-0.3, -0.25) is 9.89 Å². The van der Waals surface area contributed by atoms with Crippen LogP contribution in [0.1, 0.15) is 19.8 Å². The molecule has 0 radical (unpaired) electrons. The Morgan fingerprint density at radius 3 is 2.62 bits per heavy atom. The third kappa shape index (κ3) is 4.84. The molecule has 0 unspecified atom stereocenters. The summed E-state index contributed by atoms with van der Waals surface area (Å²) in [5.41, 5.74) is 5.16. The highest BCUT2D eigenvalue weighted by Crippen LogP contribution is 2.17. The number of hydrogen-bond donors (Lipinski definition) is 3. The first-order valence-electron chi connectivity index (χ1n) is 4.20. The maximum Gasteiger partial charge on any atom is 0.217 e. The summed E-state index contributed by atoms with van der Waals surface area (Å²) in [7, 11) is 0. The zero-order valence-corrected chi connectivity index (χ0v) is 7.58. The molecule has 1 fully saturated rings. The Morgan fingerprint density at radius 2 is 2.46 bits per heavy atom. The van der Waals surface area contributed by atoms with E-state index in [4.69, 9.17) is 5.73 Å². The second-order valence-corrected chi connectivity index (χ2v) is 2.99. The summed E-state index contributed by atoms with van der Waals surface area (Å²) in [6.45, 7) is 1.55. The highest BCUT2D eigenvalue weighted by molar-refractivity contribution is 5.73. The largest absolute Gasteiger partial charge is 0.384 e. The van der Waals surface area contributed by atoms with E-state index in [2.05, 4.69) is 15.5 Å². The number of nitrogens with zero attached hydrogens (tertiary/aromatic N) is 1. The Bertz CT molecular complexity index is 253. The molecule has 1 aromatic heterocycles. The molecular formula is C8H14N4O. The van der Waals surface area contributed by atoms with Crippen LogP contribution in [0.15, 0.2) is 12.3 Å². The van der Waals surface area contributed by atoms with Gasteiger partial charge in [-0.1, -0.05) is 0 Å². The Labute approximate surface area is 76.7 Å². The lowest BCUT2D eigenvalue weighted by molar-refractivity contribution is -0.119. The number of nitrogens with two attached hydrogens (primary N) is 1. The molecule has 1 heterocycles. The normalized spacial score (nSPS) is 14.2. The number of rotatable bonds is 1. The van der Waals surface area contributed by atoms with Crippen LogP contribution in [0.3, 0.4) is 0 Å². The minimum Gasteiger partial charge on any atom is -0.384 e. The minimum absolute atomic E-state index is 0.0995. The van der Waals surface area contributed by atoms with Gasteiger partial charge in [0.15, 0.2) is 0 Å². The van der Waals surface area contributed by atoms with Crippen molar-refractivity contribution in [3.63, 3.8) is 0 Å². The van der Waals surface area contributed by atoms with E-state index in [9.17, 15) is 4.79 Å². The van der Waals surface area contributed by atoms with Crippen LogP contribution in [0.25, 0.3) is 0 Å². The zero-order chi connectivity index (χ0) is 9.68. The molecule has 1 aliphatic rings. The first kappa shape index (κ1) is 9.57. The highest BCUT2D eigenvalue weighted by Gasteiger charge is 2.21. The predicted molar refractivity (Wildman–Crippen MR) is 49.8 cm³/mol. The van der Waals surface area contributed by atoms with E-state index in [-0.39, 0.29) is 5.91 Å². The molecule has 4 N–H and O–H groups in total. The van der Waals surface area contributed by atoms with E-state index in [1.54, 1.807) is 19.2 Å². The molecule has 0 saturated heterocycles. The number of carbonyl (C=O) groups is 1. The van der Waals surface area contributed by atoms with Gasteiger partial charge in [-0.15, -0.1) is 0 Å². The van der Waals surface area contributed by atoms with Crippen molar-refractivity contribution >= 4 is 11.7 Å². The third-order valence-corrected chi connectivity index (χ3v) is 1.51. The molecule has 2 rings (SSSR count). The molecule has 0 spiro atoms. The summed E-state index contributed by atoms with van der Waals surface area (Å²) in [6, 6.07) is 2.22. The maximum atomic E-state index is 10.2. The van der Waals surface area contributed by atoms with Crippen molar-refractivity contribution in [3.8, 4) is 0 Å². The molecule has 0 bridgehead atoms. The Kier molecular flexibility index (Phi) is 3.31. The first-order chi connectivity index (χ1) is 6.18. The number of aromatic nitrogens is 2. The average molecular weight is 182 g/mol. The van der Waals surface area contributed by atoms with Crippen molar-refractivity contribution in [2.24, 2.45) is 0 Å². The molecule has 0 aliphatic heterocycles. The van der Waals surface area contributed by atoms with Crippen molar-refractivity contribution in [1.82, 2.24) is 15.5 Å². The smallest absolute Gasteiger partial charge is 0.217 e. The van der Waals surface area contributed by atoms with Crippen molar-refractivity contribution < 1.29 is 4.79 Å². The summed E-state index contributed by atoms with van der Waals surface area (Å²) in [4.78, 5) is 10.2. The topological polar surface area (TPSA) is 83.8 Å². The molecule has 13 heavy (non-hydrogen) atoms. The number of anilines is 1. The van der Waals surface area contributed by atoms with E-state index < -0.39 is 0 Å². The van der Waals surface area contributed by atoms with Crippen LogP contribution < -0.4 is 11.1 Å². The van der Waals surface area contributed by atoms with Crippen LogP contribution in [0, 0.1) is 0 Å². The fourth-order valence-corrected chi connectivity index (χ4v) is 0.782. The fourth-order valence-electron chi connectivity index (χ4n) is 0.782. The zero-order valence-electron chi connectivity index (χ0n) is 7.58. The Morgan fingerprint density at radius 1 is 1.77 bits per heavy atom. The number of nitrogen functional groups attached to an aromatic ring is 1. The van der Waals surface area contributed by atoms with E-state index in [1.165, 1.54) is 12.8 Å². The van der Waals surface area contributed by atoms with Gasteiger partial charge < -0.3 is 11.1 Å². The van der Waals surface area contributed by atoms with Crippen LogP contribution in [-0.4, -0.2) is 22.1 Å². The van der Waals surface area contributed by atoms with Crippen molar-refractivity contribution in [2.45, 2.75) is 25.8 Å². The maximum absolute atomic E-state index is 10.2. The van der Waals surface area contributed by atoms with Gasteiger partial charge in [-0.25, -0.2) is 0 Å². The number of carbonyl (C=O) groups excluding carboxylic acids is 1. The minimum atomic E-state index is 0.0995. The first-order valence-corrected chi connectivity index (χ1v) is 4.20. The quantitative estimate of drug-likeness (QED) is 0.583. The third-order valence-electron chi connectivity index (χ3n) is 1.51. The van der Waals surface area contributed by atoms with Crippen LogP contribution in [0.2, 0.25) is 0 Å². The molecular weight excluding hydrogens is 168 g/mol. The van der Waals surface area contributed by atoms with Crippen LogP contribution in [-0.2, 0) is 4.79 Å². The molecule has 0 aromatic carbocycles. The van der Waals surface area contributed by atoms with Crippen LogP contribution in [0.4, 0.5) is 5.82 Å². The standard InChI is InChI=1S/C5H9NO.C3H5N3/c1-4(7)6-5-2-3-5;4-3-1-2-5-6-3/h5H,2-3H2,1H3,(H,6,7);1-2H,(H3,4,5,6). The second kappa shape index (κ2) is 4.49.